The first kappa shape index (κ1) is 23.7. The minimum Gasteiger partial charge on any atom is -0.352 e. The van der Waals surface area contributed by atoms with Gasteiger partial charge in [-0.25, -0.2) is 0 Å². The summed E-state index contributed by atoms with van der Waals surface area (Å²) in [4.78, 5) is 27.8. The Kier molecular flexibility index (Phi) is 8.85. The monoisotopic (exact) mass is 458 g/mol. The van der Waals surface area contributed by atoms with Crippen molar-refractivity contribution in [1.29, 1.82) is 0 Å². The van der Waals surface area contributed by atoms with Crippen LogP contribution in [-0.2, 0) is 21.9 Å². The molecule has 1 N–H and O–H groups in total. The summed E-state index contributed by atoms with van der Waals surface area (Å²) in [6.07, 6.45) is 4.38. The Morgan fingerprint density at radius 2 is 1.81 bits per heavy atom. The van der Waals surface area contributed by atoms with Gasteiger partial charge >= 0.3 is 0 Å². The minimum atomic E-state index is -0.510. The van der Waals surface area contributed by atoms with Crippen molar-refractivity contribution in [3.05, 3.63) is 70.2 Å². The van der Waals surface area contributed by atoms with Crippen LogP contribution >= 0.6 is 23.4 Å². The first-order chi connectivity index (χ1) is 14.9. The number of halogens is 1. The van der Waals surface area contributed by atoms with Crippen LogP contribution in [0.3, 0.4) is 0 Å². The zero-order valence-corrected chi connectivity index (χ0v) is 19.8. The summed E-state index contributed by atoms with van der Waals surface area (Å²) >= 11 is 7.51. The molecule has 166 valence electrons. The molecule has 0 heterocycles. The summed E-state index contributed by atoms with van der Waals surface area (Å²) in [5.74, 6) is 0.979. The molecule has 0 aromatic heterocycles. The second kappa shape index (κ2) is 11.6. The van der Waals surface area contributed by atoms with Gasteiger partial charge in [-0.05, 0) is 55.5 Å². The molecule has 1 fully saturated rings. The van der Waals surface area contributed by atoms with Gasteiger partial charge < -0.3 is 10.2 Å². The number of carbonyl (C=O) groups is 2. The largest absolute Gasteiger partial charge is 0.352 e. The SMILES string of the molecule is Cc1ccccc1CN(C(=O)CSCc1ccc(Cl)cc1)[C@@H](C)C(=O)NC1CCCC1. The van der Waals surface area contributed by atoms with E-state index in [1.807, 2.05) is 62.4 Å². The molecule has 0 bridgehead atoms. The third-order valence-electron chi connectivity index (χ3n) is 5.88. The number of aryl methyl sites for hydroxylation is 1. The maximum absolute atomic E-state index is 13.2. The van der Waals surface area contributed by atoms with Crippen molar-refractivity contribution in [2.24, 2.45) is 0 Å². The molecule has 2 aromatic carbocycles. The summed E-state index contributed by atoms with van der Waals surface area (Å²) in [5, 5.41) is 3.85. The van der Waals surface area contributed by atoms with Gasteiger partial charge in [0.15, 0.2) is 0 Å². The summed E-state index contributed by atoms with van der Waals surface area (Å²) in [7, 11) is 0. The van der Waals surface area contributed by atoms with Gasteiger partial charge in [0.2, 0.25) is 11.8 Å². The Labute approximate surface area is 194 Å². The quantitative estimate of drug-likeness (QED) is 0.550. The predicted octanol–water partition coefficient (Wildman–Crippen LogP) is 5.36. The van der Waals surface area contributed by atoms with Crippen LogP contribution in [0.1, 0.15) is 49.3 Å². The third kappa shape index (κ3) is 7.01. The fourth-order valence-corrected chi connectivity index (χ4v) is 4.86. The molecule has 0 saturated heterocycles. The molecular formula is C25H31ClN2O2S. The topological polar surface area (TPSA) is 49.4 Å². The van der Waals surface area contributed by atoms with Crippen LogP contribution in [0, 0.1) is 6.92 Å². The van der Waals surface area contributed by atoms with Crippen LogP contribution in [-0.4, -0.2) is 34.6 Å². The molecule has 3 rings (SSSR count). The van der Waals surface area contributed by atoms with Gasteiger partial charge in [-0.1, -0.05) is 60.8 Å². The lowest BCUT2D eigenvalue weighted by atomic mass is 10.1. The number of thioether (sulfide) groups is 1. The standard InChI is InChI=1S/C25H31ClN2O2S/c1-18-7-3-4-8-21(18)15-28(19(2)25(30)27-23-9-5-6-10-23)24(29)17-31-16-20-11-13-22(26)14-12-20/h3-4,7-8,11-14,19,23H,5-6,9-10,15-17H2,1-2H3,(H,27,30)/t19-/m0/s1. The molecule has 0 unspecified atom stereocenters. The molecule has 4 nitrogen and oxygen atoms in total. The highest BCUT2D eigenvalue weighted by molar-refractivity contribution is 7.99. The van der Waals surface area contributed by atoms with E-state index in [4.69, 9.17) is 11.6 Å². The van der Waals surface area contributed by atoms with Crippen molar-refractivity contribution in [3.63, 3.8) is 0 Å². The number of hydrogen-bond acceptors (Lipinski definition) is 3. The average molecular weight is 459 g/mol. The molecule has 0 spiro atoms. The minimum absolute atomic E-state index is 0.0173. The zero-order chi connectivity index (χ0) is 22.2. The van der Waals surface area contributed by atoms with E-state index in [-0.39, 0.29) is 17.9 Å². The second-order valence-electron chi connectivity index (χ2n) is 8.23. The predicted molar refractivity (Wildman–Crippen MR) is 129 cm³/mol. The van der Waals surface area contributed by atoms with E-state index in [1.54, 1.807) is 16.7 Å². The van der Waals surface area contributed by atoms with Gasteiger partial charge in [0, 0.05) is 23.4 Å². The van der Waals surface area contributed by atoms with Gasteiger partial charge in [0.05, 0.1) is 5.75 Å². The van der Waals surface area contributed by atoms with E-state index in [0.717, 1.165) is 48.1 Å². The fourth-order valence-electron chi connectivity index (χ4n) is 3.87. The molecule has 0 radical (unpaired) electrons. The normalized spacial score (nSPS) is 14.9. The molecule has 1 aliphatic rings. The van der Waals surface area contributed by atoms with Gasteiger partial charge in [-0.2, -0.15) is 0 Å². The molecule has 0 aliphatic heterocycles. The van der Waals surface area contributed by atoms with E-state index in [0.29, 0.717) is 17.3 Å². The third-order valence-corrected chi connectivity index (χ3v) is 7.12. The van der Waals surface area contributed by atoms with Gasteiger partial charge in [0.25, 0.3) is 0 Å². The molecule has 1 aliphatic carbocycles. The van der Waals surface area contributed by atoms with Crippen molar-refractivity contribution < 1.29 is 9.59 Å². The van der Waals surface area contributed by atoms with Crippen LogP contribution < -0.4 is 5.32 Å². The number of carbonyl (C=O) groups excluding carboxylic acids is 2. The van der Waals surface area contributed by atoms with Crippen LogP contribution in [0.4, 0.5) is 0 Å². The Bertz CT molecular complexity index is 881. The highest BCUT2D eigenvalue weighted by Gasteiger charge is 2.28. The average Bonchev–Trinajstić information content (AvgIpc) is 3.27. The number of amides is 2. The lowest BCUT2D eigenvalue weighted by Crippen LogP contribution is -2.50. The molecule has 6 heteroatoms. The van der Waals surface area contributed by atoms with Crippen molar-refractivity contribution in [3.8, 4) is 0 Å². The van der Waals surface area contributed by atoms with E-state index >= 15 is 0 Å². The first-order valence-electron chi connectivity index (χ1n) is 10.9. The summed E-state index contributed by atoms with van der Waals surface area (Å²) < 4.78 is 0. The van der Waals surface area contributed by atoms with Crippen LogP contribution in [0.25, 0.3) is 0 Å². The zero-order valence-electron chi connectivity index (χ0n) is 18.3. The van der Waals surface area contributed by atoms with Crippen molar-refractivity contribution in [1.82, 2.24) is 10.2 Å². The molecule has 1 atom stereocenters. The van der Waals surface area contributed by atoms with Crippen molar-refractivity contribution in [2.75, 3.05) is 5.75 Å². The number of benzene rings is 2. The fraction of sp³-hybridized carbons (Fsp3) is 0.440. The van der Waals surface area contributed by atoms with Crippen molar-refractivity contribution in [2.45, 2.75) is 63.9 Å². The highest BCUT2D eigenvalue weighted by atomic mass is 35.5. The summed E-state index contributed by atoms with van der Waals surface area (Å²) in [6.45, 7) is 4.31. The molecular weight excluding hydrogens is 428 g/mol. The maximum atomic E-state index is 13.2. The lowest BCUT2D eigenvalue weighted by molar-refractivity contribution is -0.139. The second-order valence-corrected chi connectivity index (χ2v) is 9.66. The molecule has 31 heavy (non-hydrogen) atoms. The van der Waals surface area contributed by atoms with E-state index in [1.165, 1.54) is 0 Å². The van der Waals surface area contributed by atoms with Gasteiger partial charge in [0.1, 0.15) is 6.04 Å². The number of nitrogens with one attached hydrogen (secondary N) is 1. The Hall–Kier alpha value is -1.98. The smallest absolute Gasteiger partial charge is 0.242 e. The van der Waals surface area contributed by atoms with Crippen molar-refractivity contribution >= 4 is 35.2 Å². The summed E-state index contributed by atoms with van der Waals surface area (Å²) in [5.41, 5.74) is 3.32. The molecule has 2 amide bonds. The van der Waals surface area contributed by atoms with Gasteiger partial charge in [-0.15, -0.1) is 11.8 Å². The van der Waals surface area contributed by atoms with Crippen LogP contribution in [0.5, 0.6) is 0 Å². The Morgan fingerprint density at radius 3 is 2.48 bits per heavy atom. The lowest BCUT2D eigenvalue weighted by Gasteiger charge is -2.30. The molecule has 1 saturated carbocycles. The number of hydrogen-bond donors (Lipinski definition) is 1. The maximum Gasteiger partial charge on any atom is 0.242 e. The van der Waals surface area contributed by atoms with E-state index < -0.39 is 6.04 Å². The Morgan fingerprint density at radius 1 is 1.13 bits per heavy atom. The Balaban J connectivity index is 1.66. The highest BCUT2D eigenvalue weighted by Crippen LogP contribution is 2.20. The van der Waals surface area contributed by atoms with E-state index in [2.05, 4.69) is 5.32 Å². The molecule has 2 aromatic rings. The van der Waals surface area contributed by atoms with Gasteiger partial charge in [-0.3, -0.25) is 9.59 Å². The number of rotatable bonds is 9. The summed E-state index contributed by atoms with van der Waals surface area (Å²) in [6, 6.07) is 15.4. The van der Waals surface area contributed by atoms with Crippen LogP contribution in [0.15, 0.2) is 48.5 Å². The van der Waals surface area contributed by atoms with Crippen LogP contribution in [0.2, 0.25) is 5.02 Å². The van der Waals surface area contributed by atoms with E-state index in [9.17, 15) is 9.59 Å². The number of nitrogens with zero attached hydrogens (tertiary/aromatic N) is 1. The first-order valence-corrected chi connectivity index (χ1v) is 12.4.